The molecule has 2 rings (SSSR count). The molecule has 1 N–H and O–H groups in total. The van der Waals surface area contributed by atoms with Gasteiger partial charge < -0.3 is 10.0 Å². The van der Waals surface area contributed by atoms with E-state index in [9.17, 15) is 9.90 Å². The molecule has 0 saturated heterocycles. The van der Waals surface area contributed by atoms with Crippen molar-refractivity contribution in [2.45, 2.75) is 39.7 Å². The molecule has 1 aromatic heterocycles. The molecule has 0 bridgehead atoms. The van der Waals surface area contributed by atoms with Gasteiger partial charge in [0.1, 0.15) is 5.56 Å². The number of carboxylic acids is 1. The second kappa shape index (κ2) is 4.96. The van der Waals surface area contributed by atoms with E-state index < -0.39 is 5.97 Å². The smallest absolute Gasteiger partial charge is 0.339 e. The Morgan fingerprint density at radius 1 is 1.56 bits per heavy atom. The Hall–Kier alpha value is -1.58. The topological polar surface area (TPSA) is 53.4 Å². The van der Waals surface area contributed by atoms with Crippen LogP contribution in [0.2, 0.25) is 0 Å². The summed E-state index contributed by atoms with van der Waals surface area (Å²) >= 11 is 0. The van der Waals surface area contributed by atoms with Gasteiger partial charge in [0.25, 0.3) is 0 Å². The van der Waals surface area contributed by atoms with Crippen LogP contribution in [0, 0.1) is 12.8 Å². The zero-order chi connectivity index (χ0) is 13.3. The number of anilines is 1. The minimum absolute atomic E-state index is 0.297. The standard InChI is InChI=1S/C14H20N2O2/c1-9(2)16(8-11-4-5-11)13-6-10(3)15-7-12(13)14(17)18/h6-7,9,11H,4-5,8H2,1-3H3,(H,17,18). The van der Waals surface area contributed by atoms with Gasteiger partial charge in [-0.05, 0) is 45.6 Å². The molecule has 18 heavy (non-hydrogen) atoms. The summed E-state index contributed by atoms with van der Waals surface area (Å²) < 4.78 is 0. The van der Waals surface area contributed by atoms with Crippen molar-refractivity contribution in [3.8, 4) is 0 Å². The average molecular weight is 248 g/mol. The molecule has 1 fully saturated rings. The zero-order valence-corrected chi connectivity index (χ0v) is 11.2. The number of aromatic nitrogens is 1. The zero-order valence-electron chi connectivity index (χ0n) is 11.2. The molecule has 4 nitrogen and oxygen atoms in total. The predicted octanol–water partition coefficient (Wildman–Crippen LogP) is 2.71. The number of aromatic carboxylic acids is 1. The summed E-state index contributed by atoms with van der Waals surface area (Å²) in [6.45, 7) is 7.04. The van der Waals surface area contributed by atoms with E-state index >= 15 is 0 Å². The van der Waals surface area contributed by atoms with E-state index in [4.69, 9.17) is 0 Å². The van der Waals surface area contributed by atoms with Crippen molar-refractivity contribution in [1.82, 2.24) is 4.98 Å². The molecule has 0 unspecified atom stereocenters. The fourth-order valence-corrected chi connectivity index (χ4v) is 2.11. The number of nitrogens with zero attached hydrogens (tertiary/aromatic N) is 2. The van der Waals surface area contributed by atoms with Crippen molar-refractivity contribution >= 4 is 11.7 Å². The number of carbonyl (C=O) groups is 1. The predicted molar refractivity (Wildman–Crippen MR) is 71.1 cm³/mol. The van der Waals surface area contributed by atoms with Crippen LogP contribution in [-0.2, 0) is 0 Å². The third kappa shape index (κ3) is 2.81. The second-order valence-corrected chi connectivity index (χ2v) is 5.34. The van der Waals surface area contributed by atoms with E-state index in [0.29, 0.717) is 11.6 Å². The molecule has 0 aliphatic heterocycles. The maximum atomic E-state index is 11.3. The molecular weight excluding hydrogens is 228 g/mol. The Kier molecular flexibility index (Phi) is 3.55. The molecular formula is C14H20N2O2. The minimum atomic E-state index is -0.904. The highest BCUT2D eigenvalue weighted by Gasteiger charge is 2.27. The summed E-state index contributed by atoms with van der Waals surface area (Å²) in [5.41, 5.74) is 1.96. The van der Waals surface area contributed by atoms with Crippen LogP contribution in [-0.4, -0.2) is 28.6 Å². The summed E-state index contributed by atoms with van der Waals surface area (Å²) in [6.07, 6.45) is 3.99. The SMILES string of the molecule is Cc1cc(N(CC2CC2)C(C)C)c(C(=O)O)cn1. The average Bonchev–Trinajstić information content (AvgIpc) is 3.08. The fraction of sp³-hybridized carbons (Fsp3) is 0.571. The van der Waals surface area contributed by atoms with Gasteiger partial charge in [0.15, 0.2) is 0 Å². The summed E-state index contributed by atoms with van der Waals surface area (Å²) in [5.74, 6) is -0.179. The number of aryl methyl sites for hydroxylation is 1. The normalized spacial score (nSPS) is 14.9. The molecule has 0 aromatic carbocycles. The largest absolute Gasteiger partial charge is 0.478 e. The van der Waals surface area contributed by atoms with E-state index in [2.05, 4.69) is 23.7 Å². The van der Waals surface area contributed by atoms with Crippen LogP contribution in [0.1, 0.15) is 42.7 Å². The first-order chi connectivity index (χ1) is 8.49. The van der Waals surface area contributed by atoms with Crippen LogP contribution in [0.15, 0.2) is 12.3 Å². The Balaban J connectivity index is 2.37. The van der Waals surface area contributed by atoms with Gasteiger partial charge in [-0.15, -0.1) is 0 Å². The van der Waals surface area contributed by atoms with Gasteiger partial charge in [-0.25, -0.2) is 4.79 Å². The lowest BCUT2D eigenvalue weighted by Crippen LogP contribution is -2.34. The van der Waals surface area contributed by atoms with Crippen LogP contribution in [0.25, 0.3) is 0 Å². The molecule has 1 aliphatic carbocycles. The van der Waals surface area contributed by atoms with Crippen molar-refractivity contribution in [3.63, 3.8) is 0 Å². The van der Waals surface area contributed by atoms with E-state index in [-0.39, 0.29) is 0 Å². The second-order valence-electron chi connectivity index (χ2n) is 5.34. The van der Waals surface area contributed by atoms with Gasteiger partial charge in [0.05, 0.1) is 5.69 Å². The highest BCUT2D eigenvalue weighted by Crippen LogP contribution is 2.33. The van der Waals surface area contributed by atoms with Crippen LogP contribution in [0.5, 0.6) is 0 Å². The van der Waals surface area contributed by atoms with Crippen molar-refractivity contribution in [1.29, 1.82) is 0 Å². The van der Waals surface area contributed by atoms with Gasteiger partial charge in [-0.2, -0.15) is 0 Å². The third-order valence-electron chi connectivity index (χ3n) is 3.33. The Morgan fingerprint density at radius 3 is 2.72 bits per heavy atom. The van der Waals surface area contributed by atoms with Gasteiger partial charge in [-0.3, -0.25) is 4.98 Å². The number of carboxylic acid groups (broad SMARTS) is 1. The first-order valence-electron chi connectivity index (χ1n) is 6.45. The molecule has 0 spiro atoms. The maximum absolute atomic E-state index is 11.3. The van der Waals surface area contributed by atoms with E-state index in [1.54, 1.807) is 0 Å². The van der Waals surface area contributed by atoms with Gasteiger partial charge in [0.2, 0.25) is 0 Å². The quantitative estimate of drug-likeness (QED) is 0.870. The summed E-state index contributed by atoms with van der Waals surface area (Å²) in [7, 11) is 0. The number of pyridine rings is 1. The monoisotopic (exact) mass is 248 g/mol. The van der Waals surface area contributed by atoms with Crippen molar-refractivity contribution < 1.29 is 9.90 Å². The summed E-state index contributed by atoms with van der Waals surface area (Å²) in [5, 5.41) is 9.27. The van der Waals surface area contributed by atoms with Gasteiger partial charge in [-0.1, -0.05) is 0 Å². The Labute approximate surface area is 108 Å². The molecule has 0 radical (unpaired) electrons. The van der Waals surface area contributed by atoms with Crippen LogP contribution < -0.4 is 4.90 Å². The Morgan fingerprint density at radius 2 is 2.22 bits per heavy atom. The molecule has 0 amide bonds. The van der Waals surface area contributed by atoms with Crippen LogP contribution in [0.3, 0.4) is 0 Å². The molecule has 1 saturated carbocycles. The highest BCUT2D eigenvalue weighted by molar-refractivity contribution is 5.94. The highest BCUT2D eigenvalue weighted by atomic mass is 16.4. The summed E-state index contributed by atoms with van der Waals surface area (Å²) in [4.78, 5) is 17.6. The molecule has 0 atom stereocenters. The van der Waals surface area contributed by atoms with Crippen molar-refractivity contribution in [2.24, 2.45) is 5.92 Å². The maximum Gasteiger partial charge on any atom is 0.339 e. The number of rotatable bonds is 5. The molecule has 1 heterocycles. The van der Waals surface area contributed by atoms with Crippen molar-refractivity contribution in [2.75, 3.05) is 11.4 Å². The van der Waals surface area contributed by atoms with E-state index in [1.165, 1.54) is 19.0 Å². The van der Waals surface area contributed by atoms with E-state index in [1.807, 2.05) is 13.0 Å². The van der Waals surface area contributed by atoms with Gasteiger partial charge >= 0.3 is 5.97 Å². The lowest BCUT2D eigenvalue weighted by molar-refractivity contribution is 0.0697. The fourth-order valence-electron chi connectivity index (χ4n) is 2.11. The van der Waals surface area contributed by atoms with Crippen molar-refractivity contribution in [3.05, 3.63) is 23.5 Å². The molecule has 98 valence electrons. The molecule has 1 aliphatic rings. The number of hydrogen-bond donors (Lipinski definition) is 1. The first-order valence-corrected chi connectivity index (χ1v) is 6.45. The van der Waals surface area contributed by atoms with Crippen LogP contribution in [0.4, 0.5) is 5.69 Å². The first kappa shape index (κ1) is 12.9. The third-order valence-corrected chi connectivity index (χ3v) is 3.33. The minimum Gasteiger partial charge on any atom is -0.478 e. The van der Waals surface area contributed by atoms with Gasteiger partial charge in [0, 0.05) is 24.5 Å². The summed E-state index contributed by atoms with van der Waals surface area (Å²) in [6, 6.07) is 2.18. The number of hydrogen-bond acceptors (Lipinski definition) is 3. The molecule has 4 heteroatoms. The van der Waals surface area contributed by atoms with E-state index in [0.717, 1.165) is 23.8 Å². The lowest BCUT2D eigenvalue weighted by Gasteiger charge is -2.30. The lowest BCUT2D eigenvalue weighted by atomic mass is 10.1. The Bertz CT molecular complexity index is 453. The van der Waals surface area contributed by atoms with Crippen LogP contribution >= 0.6 is 0 Å². The molecule has 1 aromatic rings.